The van der Waals surface area contributed by atoms with Gasteiger partial charge in [-0.15, -0.1) is 0 Å². The SMILES string of the molecule is CC(C)NCc1cc(F)c(OCC(C)C(N)=O)c(F)c1. The number of hydrogen-bond donors (Lipinski definition) is 2. The molecule has 0 aromatic heterocycles. The zero-order chi connectivity index (χ0) is 15.3. The third-order valence-corrected chi connectivity index (χ3v) is 2.74. The highest BCUT2D eigenvalue weighted by Gasteiger charge is 2.16. The average molecular weight is 286 g/mol. The summed E-state index contributed by atoms with van der Waals surface area (Å²) in [5.74, 6) is -3.25. The van der Waals surface area contributed by atoms with E-state index in [1.807, 2.05) is 13.8 Å². The Morgan fingerprint density at radius 2 is 1.85 bits per heavy atom. The predicted molar refractivity (Wildman–Crippen MR) is 72.2 cm³/mol. The molecule has 4 nitrogen and oxygen atoms in total. The summed E-state index contributed by atoms with van der Waals surface area (Å²) in [6.45, 7) is 5.61. The fourth-order valence-corrected chi connectivity index (χ4v) is 1.46. The second-order valence-corrected chi connectivity index (χ2v) is 5.04. The minimum absolute atomic E-state index is 0.160. The van der Waals surface area contributed by atoms with Crippen LogP contribution >= 0.6 is 0 Å². The van der Waals surface area contributed by atoms with E-state index in [4.69, 9.17) is 10.5 Å². The molecule has 1 aromatic carbocycles. The Kier molecular flexibility index (Phi) is 5.88. The molecule has 0 saturated carbocycles. The maximum Gasteiger partial charge on any atom is 0.223 e. The van der Waals surface area contributed by atoms with Gasteiger partial charge < -0.3 is 15.8 Å². The Bertz CT molecular complexity index is 455. The van der Waals surface area contributed by atoms with E-state index in [0.29, 0.717) is 12.1 Å². The van der Waals surface area contributed by atoms with Crippen molar-refractivity contribution in [1.29, 1.82) is 0 Å². The molecule has 0 radical (unpaired) electrons. The third-order valence-electron chi connectivity index (χ3n) is 2.74. The van der Waals surface area contributed by atoms with Gasteiger partial charge in [0.2, 0.25) is 5.91 Å². The molecule has 0 aliphatic heterocycles. The fourth-order valence-electron chi connectivity index (χ4n) is 1.46. The molecule has 1 atom stereocenters. The zero-order valence-electron chi connectivity index (χ0n) is 11.9. The largest absolute Gasteiger partial charge is 0.487 e. The molecule has 1 rings (SSSR count). The van der Waals surface area contributed by atoms with Crippen molar-refractivity contribution in [3.8, 4) is 5.75 Å². The van der Waals surface area contributed by atoms with Crippen molar-refractivity contribution in [2.75, 3.05) is 6.61 Å². The summed E-state index contributed by atoms with van der Waals surface area (Å²) < 4.78 is 32.6. The molecular formula is C14H20F2N2O2. The van der Waals surface area contributed by atoms with Crippen LogP contribution in [0.25, 0.3) is 0 Å². The van der Waals surface area contributed by atoms with Crippen LogP contribution in [0.5, 0.6) is 5.75 Å². The number of ether oxygens (including phenoxy) is 1. The van der Waals surface area contributed by atoms with E-state index in [-0.39, 0.29) is 12.6 Å². The van der Waals surface area contributed by atoms with Crippen molar-refractivity contribution < 1.29 is 18.3 Å². The van der Waals surface area contributed by atoms with Crippen molar-refractivity contribution in [1.82, 2.24) is 5.32 Å². The summed E-state index contributed by atoms with van der Waals surface area (Å²) in [6.07, 6.45) is 0. The van der Waals surface area contributed by atoms with Crippen LogP contribution in [0, 0.1) is 17.6 Å². The van der Waals surface area contributed by atoms with E-state index in [0.717, 1.165) is 0 Å². The lowest BCUT2D eigenvalue weighted by atomic mass is 10.1. The topological polar surface area (TPSA) is 64.3 Å². The fraction of sp³-hybridized carbons (Fsp3) is 0.500. The summed E-state index contributed by atoms with van der Waals surface area (Å²) in [7, 11) is 0. The van der Waals surface area contributed by atoms with Gasteiger partial charge in [-0.1, -0.05) is 20.8 Å². The van der Waals surface area contributed by atoms with Crippen LogP contribution in [-0.2, 0) is 11.3 Å². The molecule has 0 saturated heterocycles. The van der Waals surface area contributed by atoms with Gasteiger partial charge in [0, 0.05) is 12.6 Å². The van der Waals surface area contributed by atoms with Crippen molar-refractivity contribution in [2.24, 2.45) is 11.7 Å². The first-order chi connectivity index (χ1) is 9.31. The molecule has 20 heavy (non-hydrogen) atoms. The maximum atomic E-state index is 13.8. The minimum atomic E-state index is -0.790. The number of nitrogens with one attached hydrogen (secondary N) is 1. The molecule has 6 heteroatoms. The van der Waals surface area contributed by atoms with Crippen LogP contribution in [0.2, 0.25) is 0 Å². The van der Waals surface area contributed by atoms with E-state index >= 15 is 0 Å². The highest BCUT2D eigenvalue weighted by atomic mass is 19.1. The molecular weight excluding hydrogens is 266 g/mol. The first-order valence-corrected chi connectivity index (χ1v) is 6.44. The van der Waals surface area contributed by atoms with Gasteiger partial charge in [0.25, 0.3) is 0 Å². The lowest BCUT2D eigenvalue weighted by Gasteiger charge is -2.13. The van der Waals surface area contributed by atoms with Gasteiger partial charge >= 0.3 is 0 Å². The number of benzene rings is 1. The number of hydrogen-bond acceptors (Lipinski definition) is 3. The summed E-state index contributed by atoms with van der Waals surface area (Å²) in [5, 5.41) is 3.07. The average Bonchev–Trinajstić information content (AvgIpc) is 2.34. The summed E-state index contributed by atoms with van der Waals surface area (Å²) in [5.41, 5.74) is 5.54. The Balaban J connectivity index is 2.76. The Hall–Kier alpha value is -1.69. The van der Waals surface area contributed by atoms with Crippen LogP contribution in [0.15, 0.2) is 12.1 Å². The van der Waals surface area contributed by atoms with Crippen molar-refractivity contribution in [2.45, 2.75) is 33.4 Å². The lowest BCUT2D eigenvalue weighted by molar-refractivity contribution is -0.122. The number of rotatable bonds is 7. The van der Waals surface area contributed by atoms with Gasteiger partial charge in [-0.05, 0) is 17.7 Å². The second-order valence-electron chi connectivity index (χ2n) is 5.04. The summed E-state index contributed by atoms with van der Waals surface area (Å²) in [6, 6.07) is 2.64. The highest BCUT2D eigenvalue weighted by molar-refractivity contribution is 5.76. The molecule has 1 unspecified atom stereocenters. The van der Waals surface area contributed by atoms with E-state index in [1.165, 1.54) is 19.1 Å². The first kappa shape index (κ1) is 16.4. The molecule has 0 heterocycles. The molecule has 0 aliphatic carbocycles. The van der Waals surface area contributed by atoms with Gasteiger partial charge in [0.05, 0.1) is 12.5 Å². The van der Waals surface area contributed by atoms with Gasteiger partial charge in [-0.3, -0.25) is 4.79 Å². The number of carbonyl (C=O) groups excluding carboxylic acids is 1. The van der Waals surface area contributed by atoms with E-state index in [9.17, 15) is 13.6 Å². The number of amides is 1. The predicted octanol–water partition coefficient (Wildman–Crippen LogP) is 1.96. The van der Waals surface area contributed by atoms with Crippen LogP contribution in [0.1, 0.15) is 26.3 Å². The first-order valence-electron chi connectivity index (χ1n) is 6.44. The van der Waals surface area contributed by atoms with Crippen molar-refractivity contribution in [3.05, 3.63) is 29.3 Å². The molecule has 0 spiro atoms. The quantitative estimate of drug-likeness (QED) is 0.805. The highest BCUT2D eigenvalue weighted by Crippen LogP contribution is 2.24. The smallest absolute Gasteiger partial charge is 0.223 e. The number of nitrogens with two attached hydrogens (primary N) is 1. The zero-order valence-corrected chi connectivity index (χ0v) is 11.9. The molecule has 1 aromatic rings. The number of carbonyl (C=O) groups is 1. The molecule has 3 N–H and O–H groups in total. The van der Waals surface area contributed by atoms with Crippen LogP contribution in [0.3, 0.4) is 0 Å². The third kappa shape index (κ3) is 4.77. The number of primary amides is 1. The standard InChI is InChI=1S/C14H20F2N2O2/c1-8(2)18-6-10-4-11(15)13(12(16)5-10)20-7-9(3)14(17)19/h4-5,8-9,18H,6-7H2,1-3H3,(H2,17,19). The molecule has 0 aliphatic rings. The van der Waals surface area contributed by atoms with Crippen LogP contribution in [0.4, 0.5) is 8.78 Å². The van der Waals surface area contributed by atoms with Gasteiger partial charge in [0.15, 0.2) is 17.4 Å². The van der Waals surface area contributed by atoms with Crippen LogP contribution < -0.4 is 15.8 Å². The minimum Gasteiger partial charge on any atom is -0.487 e. The summed E-state index contributed by atoms with van der Waals surface area (Å²) in [4.78, 5) is 10.8. The molecule has 1 amide bonds. The normalized spacial score (nSPS) is 12.5. The summed E-state index contributed by atoms with van der Waals surface area (Å²) >= 11 is 0. The molecule has 112 valence electrons. The van der Waals surface area contributed by atoms with Gasteiger partial charge in [0.1, 0.15) is 0 Å². The lowest BCUT2D eigenvalue weighted by Crippen LogP contribution is -2.26. The Morgan fingerprint density at radius 3 is 2.30 bits per heavy atom. The Morgan fingerprint density at radius 1 is 1.30 bits per heavy atom. The monoisotopic (exact) mass is 286 g/mol. The van der Waals surface area contributed by atoms with Crippen molar-refractivity contribution >= 4 is 5.91 Å². The van der Waals surface area contributed by atoms with Crippen LogP contribution in [-0.4, -0.2) is 18.6 Å². The van der Waals surface area contributed by atoms with Gasteiger partial charge in [-0.25, -0.2) is 8.78 Å². The Labute approximate surface area is 117 Å². The maximum absolute atomic E-state index is 13.8. The molecule has 0 bridgehead atoms. The van der Waals surface area contributed by atoms with E-state index in [1.54, 1.807) is 0 Å². The second kappa shape index (κ2) is 7.19. The van der Waals surface area contributed by atoms with Gasteiger partial charge in [-0.2, -0.15) is 0 Å². The molecule has 0 fully saturated rings. The number of halogens is 2. The van der Waals surface area contributed by atoms with E-state index < -0.39 is 29.2 Å². The van der Waals surface area contributed by atoms with Crippen molar-refractivity contribution in [3.63, 3.8) is 0 Å². The van der Waals surface area contributed by atoms with E-state index in [2.05, 4.69) is 5.32 Å².